The first-order chi connectivity index (χ1) is 13.5. The molecule has 0 bridgehead atoms. The van der Waals surface area contributed by atoms with Crippen LogP contribution in [0.5, 0.6) is 0 Å². The van der Waals surface area contributed by atoms with Crippen molar-refractivity contribution in [3.8, 4) is 0 Å². The third kappa shape index (κ3) is 3.81. The van der Waals surface area contributed by atoms with Crippen LogP contribution in [-0.2, 0) is 21.2 Å². The Bertz CT molecular complexity index is 1080. The number of hydrogen-bond donors (Lipinski definition) is 2. The lowest BCUT2D eigenvalue weighted by molar-refractivity contribution is -0.115. The molecule has 2 N–H and O–H groups in total. The Labute approximate surface area is 164 Å². The number of aromatic amines is 1. The van der Waals surface area contributed by atoms with Gasteiger partial charge in [-0.2, -0.15) is 4.31 Å². The number of piperidine rings is 1. The van der Waals surface area contributed by atoms with Gasteiger partial charge in [0, 0.05) is 30.2 Å². The summed E-state index contributed by atoms with van der Waals surface area (Å²) in [6.45, 7) is 1.16. The van der Waals surface area contributed by atoms with Crippen LogP contribution in [0.4, 0.5) is 5.69 Å². The Hall–Kier alpha value is -2.64. The zero-order valence-corrected chi connectivity index (χ0v) is 16.3. The molecule has 1 amide bonds. The van der Waals surface area contributed by atoms with Gasteiger partial charge in [0.1, 0.15) is 0 Å². The van der Waals surface area contributed by atoms with E-state index in [0.29, 0.717) is 13.1 Å². The lowest BCUT2D eigenvalue weighted by Crippen LogP contribution is -2.35. The highest BCUT2D eigenvalue weighted by atomic mass is 32.2. The van der Waals surface area contributed by atoms with E-state index in [1.807, 2.05) is 30.5 Å². The second kappa shape index (κ2) is 7.77. The monoisotopic (exact) mass is 397 g/mol. The van der Waals surface area contributed by atoms with Gasteiger partial charge < -0.3 is 10.3 Å². The molecule has 0 saturated carbocycles. The molecule has 0 spiro atoms. The van der Waals surface area contributed by atoms with E-state index >= 15 is 0 Å². The number of nitrogens with zero attached hydrogens (tertiary/aromatic N) is 1. The molecule has 0 unspecified atom stereocenters. The Balaban J connectivity index is 1.44. The number of sulfonamides is 1. The smallest absolute Gasteiger partial charge is 0.243 e. The summed E-state index contributed by atoms with van der Waals surface area (Å²) in [5, 5.41) is 3.89. The molecule has 4 rings (SSSR count). The van der Waals surface area contributed by atoms with Crippen LogP contribution in [0, 0.1) is 0 Å². The van der Waals surface area contributed by atoms with Crippen LogP contribution >= 0.6 is 0 Å². The first kappa shape index (κ1) is 18.7. The molecule has 1 aliphatic heterocycles. The van der Waals surface area contributed by atoms with E-state index in [1.165, 1.54) is 0 Å². The molecule has 7 heteroatoms. The van der Waals surface area contributed by atoms with Crippen LogP contribution in [0.2, 0.25) is 0 Å². The molecule has 1 aromatic heterocycles. The highest BCUT2D eigenvalue weighted by Crippen LogP contribution is 2.23. The van der Waals surface area contributed by atoms with Gasteiger partial charge in [-0.3, -0.25) is 4.79 Å². The van der Waals surface area contributed by atoms with E-state index < -0.39 is 10.0 Å². The summed E-state index contributed by atoms with van der Waals surface area (Å²) in [6, 6.07) is 14.2. The van der Waals surface area contributed by atoms with Gasteiger partial charge in [-0.1, -0.05) is 24.6 Å². The molecule has 1 saturated heterocycles. The third-order valence-corrected chi connectivity index (χ3v) is 7.02. The number of H-pyrrole nitrogens is 1. The number of carbonyl (C=O) groups excluding carboxylic acids is 1. The first-order valence-electron chi connectivity index (χ1n) is 9.49. The molecule has 1 fully saturated rings. The van der Waals surface area contributed by atoms with Crippen LogP contribution < -0.4 is 5.32 Å². The highest BCUT2D eigenvalue weighted by molar-refractivity contribution is 7.89. The van der Waals surface area contributed by atoms with Crippen LogP contribution in [0.3, 0.4) is 0 Å². The van der Waals surface area contributed by atoms with Gasteiger partial charge in [0.05, 0.1) is 17.0 Å². The molecule has 6 nitrogen and oxygen atoms in total. The standard InChI is InChI=1S/C21H23N3O3S/c25-21(23-20-6-4-5-19-18(20)11-12-22-19)15-16-7-9-17(10-8-16)28(26,27)24-13-2-1-3-14-24/h4-12,22H,1-3,13-15H2,(H,23,25). The fourth-order valence-corrected chi connectivity index (χ4v) is 5.12. The first-order valence-corrected chi connectivity index (χ1v) is 10.9. The minimum absolute atomic E-state index is 0.139. The van der Waals surface area contributed by atoms with Crippen molar-refractivity contribution < 1.29 is 13.2 Å². The Morgan fingerprint density at radius 1 is 1.00 bits per heavy atom. The Morgan fingerprint density at radius 3 is 2.50 bits per heavy atom. The van der Waals surface area contributed by atoms with Crippen molar-refractivity contribution in [1.29, 1.82) is 0 Å². The second-order valence-electron chi connectivity index (χ2n) is 7.08. The zero-order valence-electron chi connectivity index (χ0n) is 15.5. The lowest BCUT2D eigenvalue weighted by atomic mass is 10.1. The molecule has 0 aliphatic carbocycles. The third-order valence-electron chi connectivity index (χ3n) is 5.11. The summed E-state index contributed by atoms with van der Waals surface area (Å²) in [5.41, 5.74) is 2.49. The fourth-order valence-electron chi connectivity index (χ4n) is 3.61. The molecule has 28 heavy (non-hydrogen) atoms. The maximum atomic E-state index is 12.7. The minimum Gasteiger partial charge on any atom is -0.361 e. The van der Waals surface area contributed by atoms with Gasteiger partial charge in [-0.15, -0.1) is 0 Å². The molecule has 0 atom stereocenters. The average molecular weight is 398 g/mol. The largest absolute Gasteiger partial charge is 0.361 e. The second-order valence-corrected chi connectivity index (χ2v) is 9.02. The number of fused-ring (bicyclic) bond motifs is 1. The van der Waals surface area contributed by atoms with E-state index in [2.05, 4.69) is 10.3 Å². The molecular weight excluding hydrogens is 374 g/mol. The molecule has 0 radical (unpaired) electrons. The SMILES string of the molecule is O=C(Cc1ccc(S(=O)(=O)N2CCCCC2)cc1)Nc1cccc2[nH]ccc12. The van der Waals surface area contributed by atoms with E-state index in [4.69, 9.17) is 0 Å². The number of benzene rings is 2. The van der Waals surface area contributed by atoms with Crippen LogP contribution in [0.15, 0.2) is 59.6 Å². The predicted molar refractivity (Wildman–Crippen MR) is 110 cm³/mol. The number of carbonyl (C=O) groups is 1. The average Bonchev–Trinajstić information content (AvgIpc) is 3.19. The minimum atomic E-state index is -3.44. The van der Waals surface area contributed by atoms with Crippen LogP contribution in [-0.4, -0.2) is 36.7 Å². The summed E-state index contributed by atoms with van der Waals surface area (Å²) < 4.78 is 27.0. The maximum absolute atomic E-state index is 12.7. The summed E-state index contributed by atoms with van der Waals surface area (Å²) in [7, 11) is -3.44. The molecular formula is C21H23N3O3S. The molecule has 2 aromatic carbocycles. The summed E-state index contributed by atoms with van der Waals surface area (Å²) in [6.07, 6.45) is 4.92. The Morgan fingerprint density at radius 2 is 1.75 bits per heavy atom. The number of nitrogens with one attached hydrogen (secondary N) is 2. The normalized spacial score (nSPS) is 15.6. The number of aromatic nitrogens is 1. The van der Waals surface area contributed by atoms with Gasteiger partial charge in [-0.25, -0.2) is 8.42 Å². The van der Waals surface area contributed by atoms with E-state index in [-0.39, 0.29) is 17.2 Å². The van der Waals surface area contributed by atoms with Crippen LogP contribution in [0.25, 0.3) is 10.9 Å². The van der Waals surface area contributed by atoms with Crippen molar-refractivity contribution in [3.05, 3.63) is 60.3 Å². The van der Waals surface area contributed by atoms with E-state index in [9.17, 15) is 13.2 Å². The number of anilines is 1. The van der Waals surface area contributed by atoms with Crippen molar-refractivity contribution in [2.24, 2.45) is 0 Å². The van der Waals surface area contributed by atoms with Gasteiger partial charge in [0.25, 0.3) is 0 Å². The van der Waals surface area contributed by atoms with Gasteiger partial charge in [-0.05, 0) is 48.7 Å². The lowest BCUT2D eigenvalue weighted by Gasteiger charge is -2.25. The quantitative estimate of drug-likeness (QED) is 0.691. The molecule has 3 aromatic rings. The van der Waals surface area contributed by atoms with Crippen molar-refractivity contribution in [2.75, 3.05) is 18.4 Å². The van der Waals surface area contributed by atoms with Crippen molar-refractivity contribution in [3.63, 3.8) is 0 Å². The van der Waals surface area contributed by atoms with Gasteiger partial charge in [0.15, 0.2) is 0 Å². The Kier molecular flexibility index (Phi) is 5.19. The number of hydrogen-bond acceptors (Lipinski definition) is 3. The van der Waals surface area contributed by atoms with E-state index in [1.54, 1.807) is 28.6 Å². The van der Waals surface area contributed by atoms with Crippen molar-refractivity contribution >= 4 is 32.5 Å². The predicted octanol–water partition coefficient (Wildman–Crippen LogP) is 3.52. The molecule has 1 aliphatic rings. The highest BCUT2D eigenvalue weighted by Gasteiger charge is 2.25. The van der Waals surface area contributed by atoms with Gasteiger partial charge >= 0.3 is 0 Å². The maximum Gasteiger partial charge on any atom is 0.243 e. The zero-order chi connectivity index (χ0) is 19.6. The topological polar surface area (TPSA) is 82.3 Å². The van der Waals surface area contributed by atoms with E-state index in [0.717, 1.165) is 41.4 Å². The summed E-state index contributed by atoms with van der Waals surface area (Å²) in [4.78, 5) is 15.8. The summed E-state index contributed by atoms with van der Waals surface area (Å²) >= 11 is 0. The van der Waals surface area contributed by atoms with Gasteiger partial charge in [0.2, 0.25) is 15.9 Å². The molecule has 146 valence electrons. The number of amides is 1. The summed E-state index contributed by atoms with van der Waals surface area (Å²) in [5.74, 6) is -0.139. The van der Waals surface area contributed by atoms with Crippen molar-refractivity contribution in [2.45, 2.75) is 30.6 Å². The van der Waals surface area contributed by atoms with Crippen molar-refractivity contribution in [1.82, 2.24) is 9.29 Å². The van der Waals surface area contributed by atoms with Crippen LogP contribution in [0.1, 0.15) is 24.8 Å². The fraction of sp³-hybridized carbons (Fsp3) is 0.286. The number of rotatable bonds is 5. The molecule has 2 heterocycles.